The summed E-state index contributed by atoms with van der Waals surface area (Å²) in [6.45, 7) is 15.1. The molecule has 722 valence electrons. The van der Waals surface area contributed by atoms with Crippen LogP contribution in [0.2, 0.25) is 0 Å². The van der Waals surface area contributed by atoms with E-state index in [0.29, 0.717) is 66.7 Å². The highest BCUT2D eigenvalue weighted by molar-refractivity contribution is 5.85. The standard InChI is InChI=1S/C92H132N6O32/c1-56-82(94-59(4)99)89(128-74(52-120-62(7)102)85(56)124-65(10)105)117-49-23-19-31-71(108)30-18-22-45-97(79(110)33-21-25-51-119-91-84(96-61(6)101)58(3)87(126-67(12)107)76(130-91)54-122-64(9)104)47-27-48-98(46-26-44-93-78(109)32-20-24-50-118-90-83(95-60(5)100)57(2)86(125-66(11)106)75(129-90)53-121-63(8)103)88(114)77(127-81(113)43-42-80(111)112)55-123-92(68-28-16-15-17-29-68,69-34-38-72(115-13)39-35-69)70-36-40-73(116-14)41-37-70/h15-17,28-29,34-41,56-58,74-77,82-87,89-91H,18-27,30-33,42-55H2,1-14H3,(H,93,109)(H,94,99)(H,95,100)(H,96,101)(H,111,112)/t56-,57-,58-,74?,75?,76?,77?,82?,83?,84?,85-,86-,87-,89-,90-,91-/m1/s1. The number of Topliss-reactive ketones (excluding diaryl/α,β-unsaturated/α-hetero) is 1. The van der Waals surface area contributed by atoms with Gasteiger partial charge in [0.25, 0.3) is 5.91 Å². The van der Waals surface area contributed by atoms with Gasteiger partial charge in [0.15, 0.2) is 18.9 Å². The van der Waals surface area contributed by atoms with Gasteiger partial charge in [-0.2, -0.15) is 0 Å². The molecule has 0 aromatic heterocycles. The third kappa shape index (κ3) is 36.2. The fraction of sp³-hybridized carbons (Fsp3) is 0.641. The van der Waals surface area contributed by atoms with Crippen LogP contribution in [0.1, 0.15) is 203 Å². The second-order valence-electron chi connectivity index (χ2n) is 32.4. The summed E-state index contributed by atoms with van der Waals surface area (Å²) in [5.74, 6) is -9.43. The molecule has 0 saturated carbocycles. The van der Waals surface area contributed by atoms with Crippen molar-refractivity contribution >= 4 is 89.0 Å². The van der Waals surface area contributed by atoms with Crippen molar-refractivity contribution in [3.05, 3.63) is 95.6 Å². The van der Waals surface area contributed by atoms with E-state index in [0.717, 1.165) is 0 Å². The number of aliphatic carboxylic acids is 1. The van der Waals surface area contributed by atoms with Crippen molar-refractivity contribution in [2.45, 2.75) is 271 Å². The van der Waals surface area contributed by atoms with Gasteiger partial charge in [-0.15, -0.1) is 0 Å². The number of nitrogens with one attached hydrogen (secondary N) is 4. The van der Waals surface area contributed by atoms with Crippen molar-refractivity contribution < 1.29 is 153 Å². The lowest BCUT2D eigenvalue weighted by atomic mass is 9.80. The van der Waals surface area contributed by atoms with Crippen LogP contribution < -0.4 is 30.7 Å². The number of methoxy groups -OCH3 is 2. The lowest BCUT2D eigenvalue weighted by Gasteiger charge is -2.44. The van der Waals surface area contributed by atoms with E-state index in [1.54, 1.807) is 86.3 Å². The van der Waals surface area contributed by atoms with Gasteiger partial charge in [-0.25, -0.2) is 0 Å². The average Bonchev–Trinajstić information content (AvgIpc) is 0.745. The van der Waals surface area contributed by atoms with E-state index in [9.17, 15) is 72.2 Å². The monoisotopic (exact) mass is 1830 g/mol. The fourth-order valence-electron chi connectivity index (χ4n) is 15.7. The minimum absolute atomic E-state index is 0.00293. The number of carbonyl (C=O) groups is 15. The summed E-state index contributed by atoms with van der Waals surface area (Å²) in [6.07, 6.45) is -8.74. The number of unbranched alkanes of at least 4 members (excludes halogenated alkanes) is 4. The second kappa shape index (κ2) is 56.1. The smallest absolute Gasteiger partial charge is 0.307 e. The van der Waals surface area contributed by atoms with Crippen LogP contribution >= 0.6 is 0 Å². The number of amides is 6. The summed E-state index contributed by atoms with van der Waals surface area (Å²) in [5.41, 5.74) is 0.123. The molecule has 3 aliphatic heterocycles. The Hall–Kier alpha value is -10.8. The highest BCUT2D eigenvalue weighted by Crippen LogP contribution is 2.43. The summed E-state index contributed by atoms with van der Waals surface area (Å²) in [4.78, 5) is 197. The number of rotatable bonds is 56. The molecule has 130 heavy (non-hydrogen) atoms. The molecule has 6 rings (SSSR count). The van der Waals surface area contributed by atoms with E-state index < -0.39 is 194 Å². The minimum Gasteiger partial charge on any atom is -0.497 e. The molecule has 0 radical (unpaired) electrons. The van der Waals surface area contributed by atoms with Gasteiger partial charge in [0.05, 0.1) is 51.8 Å². The normalized spacial score (nSPS) is 22.0. The van der Waals surface area contributed by atoms with Crippen molar-refractivity contribution in [3.8, 4) is 11.5 Å². The predicted octanol–water partition coefficient (Wildman–Crippen LogP) is 6.72. The highest BCUT2D eigenvalue weighted by atomic mass is 16.7. The fourth-order valence-corrected chi connectivity index (χ4v) is 15.7. The maximum atomic E-state index is 15.9. The number of esters is 7. The number of nitrogens with zero attached hydrogens (tertiary/aromatic N) is 2. The number of ether oxygens (including phenoxy) is 16. The van der Waals surface area contributed by atoms with Crippen LogP contribution in [-0.4, -0.2) is 277 Å². The molecule has 3 saturated heterocycles. The molecule has 6 amide bonds. The van der Waals surface area contributed by atoms with Crippen molar-refractivity contribution in [3.63, 3.8) is 0 Å². The molecule has 3 aromatic carbocycles. The molecule has 3 heterocycles. The lowest BCUT2D eigenvalue weighted by molar-refractivity contribution is -0.262. The van der Waals surface area contributed by atoms with Gasteiger partial charge in [0.1, 0.15) is 79.3 Å². The van der Waals surface area contributed by atoms with Crippen LogP contribution in [-0.2, 0) is 144 Å². The molecule has 0 spiro atoms. The zero-order valence-electron chi connectivity index (χ0n) is 77.0. The van der Waals surface area contributed by atoms with Crippen molar-refractivity contribution in [1.29, 1.82) is 0 Å². The van der Waals surface area contributed by atoms with Crippen LogP contribution in [0.4, 0.5) is 0 Å². The number of carbonyl (C=O) groups excluding carboxylic acids is 14. The number of hydrogen-bond acceptors (Lipinski definition) is 31. The molecular formula is C92H132N6O32. The number of carboxylic acids is 1. The third-order valence-corrected chi connectivity index (χ3v) is 22.1. The SMILES string of the molecule is COc1ccc(C(OCC(OC(=O)CCC(=O)O)C(=O)N(CCCNC(=O)CCCCO[C@@H]2OC(COC(C)=O)[C@H](OC(C)=O)[C@H](C)C2NC(C)=O)CCCN(CCCCC(=O)CCCCO[C@@H]2OC(COC(C)=O)[C@H](OC(C)=O)[C@H](C)C2NC(C)=O)C(=O)CCCCO[C@@H]2OC(COC(C)=O)[C@H](OC(C)=O)[C@H](C)C2NC(C)=O)(c2ccccc2)c2ccc(OC)cc2)cc1. The molecule has 0 aliphatic carbocycles. The highest BCUT2D eigenvalue weighted by Gasteiger charge is 2.51. The Kier molecular flexibility index (Phi) is 46.6. The summed E-state index contributed by atoms with van der Waals surface area (Å²) in [5, 5.41) is 21.2. The number of carboxylic acid groups (broad SMARTS) is 1. The molecule has 5 N–H and O–H groups in total. The Morgan fingerprint density at radius 3 is 1.19 bits per heavy atom. The topological polar surface area (TPSA) is 479 Å². The van der Waals surface area contributed by atoms with Crippen molar-refractivity contribution in [2.75, 3.05) is 93.2 Å². The summed E-state index contributed by atoms with van der Waals surface area (Å²) in [6, 6.07) is 20.8. The van der Waals surface area contributed by atoms with Gasteiger partial charge in [0.2, 0.25) is 35.6 Å². The third-order valence-electron chi connectivity index (χ3n) is 22.1. The first kappa shape index (κ1) is 108. The van der Waals surface area contributed by atoms with E-state index in [1.807, 2.05) is 18.2 Å². The molecule has 38 heteroatoms. The Morgan fingerprint density at radius 1 is 0.423 bits per heavy atom. The van der Waals surface area contributed by atoms with Crippen LogP contribution in [0, 0.1) is 17.8 Å². The van der Waals surface area contributed by atoms with E-state index in [1.165, 1.54) is 81.4 Å². The largest absolute Gasteiger partial charge is 0.497 e. The van der Waals surface area contributed by atoms with Gasteiger partial charge in [-0.05, 0) is 105 Å². The molecule has 0 bridgehead atoms. The molecule has 3 fully saturated rings. The predicted molar refractivity (Wildman–Crippen MR) is 462 cm³/mol. The zero-order valence-corrected chi connectivity index (χ0v) is 77.0. The quantitative estimate of drug-likeness (QED) is 0.0169. The van der Waals surface area contributed by atoms with Crippen LogP contribution in [0.3, 0.4) is 0 Å². The lowest BCUT2D eigenvalue weighted by Crippen LogP contribution is -2.62. The Labute approximate surface area is 758 Å². The van der Waals surface area contributed by atoms with E-state index >= 15 is 4.79 Å². The number of hydrogen-bond donors (Lipinski definition) is 5. The van der Waals surface area contributed by atoms with E-state index in [2.05, 4.69) is 21.3 Å². The summed E-state index contributed by atoms with van der Waals surface area (Å²) >= 11 is 0. The average molecular weight is 1830 g/mol. The summed E-state index contributed by atoms with van der Waals surface area (Å²) in [7, 11) is 3.03. The molecular weight excluding hydrogens is 1700 g/mol. The summed E-state index contributed by atoms with van der Waals surface area (Å²) < 4.78 is 94.0. The molecule has 38 nitrogen and oxygen atoms in total. The Bertz CT molecular complexity index is 4100. The Balaban J connectivity index is 1.26. The van der Waals surface area contributed by atoms with Gasteiger partial charge in [-0.3, -0.25) is 71.9 Å². The molecule has 7 unspecified atom stereocenters. The molecule has 3 aliphatic rings. The molecule has 16 atom stereocenters. The van der Waals surface area contributed by atoms with Crippen LogP contribution in [0.15, 0.2) is 78.9 Å². The van der Waals surface area contributed by atoms with Crippen LogP contribution in [0.5, 0.6) is 11.5 Å². The first-order valence-electron chi connectivity index (χ1n) is 44.2. The maximum Gasteiger partial charge on any atom is 0.307 e. The van der Waals surface area contributed by atoms with Crippen LogP contribution in [0.25, 0.3) is 0 Å². The number of ketones is 1. The second-order valence-corrected chi connectivity index (χ2v) is 32.4. The van der Waals surface area contributed by atoms with Gasteiger partial charge in [0, 0.05) is 158 Å². The first-order chi connectivity index (χ1) is 61.9. The van der Waals surface area contributed by atoms with E-state index in [4.69, 9.17) is 75.8 Å². The van der Waals surface area contributed by atoms with E-state index in [-0.39, 0.29) is 141 Å². The minimum atomic E-state index is -1.77. The zero-order chi connectivity index (χ0) is 95.6. The van der Waals surface area contributed by atoms with Crippen molar-refractivity contribution in [1.82, 2.24) is 31.1 Å². The van der Waals surface area contributed by atoms with Gasteiger partial charge < -0.3 is 112 Å². The molecule has 3 aromatic rings. The number of benzene rings is 3. The maximum absolute atomic E-state index is 15.9. The Morgan fingerprint density at radius 2 is 0.800 bits per heavy atom. The first-order valence-corrected chi connectivity index (χ1v) is 44.2. The van der Waals surface area contributed by atoms with Gasteiger partial charge >= 0.3 is 47.8 Å². The van der Waals surface area contributed by atoms with Gasteiger partial charge in [-0.1, -0.05) is 75.4 Å². The van der Waals surface area contributed by atoms with Crippen molar-refractivity contribution in [2.24, 2.45) is 17.8 Å².